The molecule has 222 valence electrons. The molecule has 25 heteroatoms. The van der Waals surface area contributed by atoms with Gasteiger partial charge in [0.2, 0.25) is 0 Å². The molecule has 0 aliphatic carbocycles. The first kappa shape index (κ1) is 35.0. The number of carboxylic acid groups (broad SMARTS) is 1. The smallest absolute Gasteiger partial charge is 0.460 e. The number of nitrogens with zero attached hydrogens (tertiary/aromatic N) is 1. The third-order valence-electron chi connectivity index (χ3n) is 4.18. The molecule has 1 N–H and O–H groups in total. The van der Waals surface area contributed by atoms with Gasteiger partial charge in [0.15, 0.2) is 0 Å². The molecule has 0 atom stereocenters. The van der Waals surface area contributed by atoms with Crippen molar-refractivity contribution in [3.63, 3.8) is 0 Å². The Morgan fingerprint density at radius 3 is 1.05 bits per heavy atom. The van der Waals surface area contributed by atoms with Crippen LogP contribution in [0.3, 0.4) is 0 Å². The van der Waals surface area contributed by atoms with Gasteiger partial charge in [0.25, 0.3) is 10.0 Å². The molecule has 0 aromatic rings. The van der Waals surface area contributed by atoms with Gasteiger partial charge in [0.05, 0.1) is 0 Å². The summed E-state index contributed by atoms with van der Waals surface area (Å²) in [7, 11) is -8.12. The molecule has 0 aromatic heterocycles. The second kappa shape index (κ2) is 8.79. The third-order valence-corrected chi connectivity index (χ3v) is 6.03. The number of carbonyl (C=O) groups is 1. The number of alkyl halides is 19. The van der Waals surface area contributed by atoms with E-state index in [1.807, 2.05) is 0 Å². The van der Waals surface area contributed by atoms with Crippen LogP contribution >= 0.6 is 0 Å². The van der Waals surface area contributed by atoms with Crippen LogP contribution in [0.4, 0.5) is 83.4 Å². The highest BCUT2D eigenvalue weighted by molar-refractivity contribution is 7.90. The summed E-state index contributed by atoms with van der Waals surface area (Å²) >= 11 is 0. The van der Waals surface area contributed by atoms with Gasteiger partial charge < -0.3 is 5.11 Å². The molecule has 0 amide bonds. The topological polar surface area (TPSA) is 74.7 Å². The van der Waals surface area contributed by atoms with E-state index >= 15 is 0 Å². The molecular weight excluding hydrogens is 615 g/mol. The average molecular weight is 621 g/mol. The quantitative estimate of drug-likeness (QED) is 0.332. The van der Waals surface area contributed by atoms with E-state index in [4.69, 9.17) is 5.11 Å². The number of hydrogen-bond acceptors (Lipinski definition) is 3. The Morgan fingerprint density at radius 2 is 0.811 bits per heavy atom. The molecule has 0 heterocycles. The van der Waals surface area contributed by atoms with Gasteiger partial charge in [-0.05, 0) is 0 Å². The molecule has 0 radical (unpaired) electrons. The number of sulfonamides is 1. The molecule has 0 bridgehead atoms. The normalized spacial score (nSPS) is 16.4. The molecule has 0 unspecified atom stereocenters. The van der Waals surface area contributed by atoms with Crippen molar-refractivity contribution in [3.8, 4) is 0 Å². The van der Waals surface area contributed by atoms with Gasteiger partial charge in [-0.1, -0.05) is 0 Å². The minimum Gasteiger partial charge on any atom is -0.480 e. The summed E-state index contributed by atoms with van der Waals surface area (Å²) < 4.78 is 271. The van der Waals surface area contributed by atoms with Gasteiger partial charge in [-0.25, -0.2) is 8.42 Å². The monoisotopic (exact) mass is 621 g/mol. The summed E-state index contributed by atoms with van der Waals surface area (Å²) in [4.78, 5) is 10.3. The van der Waals surface area contributed by atoms with Crippen molar-refractivity contribution in [2.75, 3.05) is 13.6 Å². The van der Waals surface area contributed by atoms with E-state index < -0.39 is 86.8 Å². The van der Waals surface area contributed by atoms with Gasteiger partial charge >= 0.3 is 58.9 Å². The first-order valence-electron chi connectivity index (χ1n) is 7.86. The fraction of sp³-hybridized carbons (Fsp3) is 0.917. The number of likely N-dealkylation sites (N-methyl/N-ethyl adjacent to an activating group) is 1. The fourth-order valence-corrected chi connectivity index (χ4v) is 3.10. The predicted octanol–water partition coefficient (Wildman–Crippen LogP) is 4.93. The lowest BCUT2D eigenvalue weighted by molar-refractivity contribution is -0.466. The minimum atomic E-state index is -9.20. The maximum Gasteiger partial charge on any atom is 0.460 e. The van der Waals surface area contributed by atoms with Crippen molar-refractivity contribution in [2.24, 2.45) is 0 Å². The van der Waals surface area contributed by atoms with Crippen LogP contribution in [0.25, 0.3) is 0 Å². The molecule has 0 aromatic carbocycles. The Balaban J connectivity index is 7.14. The van der Waals surface area contributed by atoms with Crippen LogP contribution in [0, 0.1) is 0 Å². The van der Waals surface area contributed by atoms with Crippen molar-refractivity contribution in [3.05, 3.63) is 0 Å². The predicted molar refractivity (Wildman–Crippen MR) is 74.8 cm³/mol. The minimum absolute atomic E-state index is 0.438. The van der Waals surface area contributed by atoms with Gasteiger partial charge in [0.1, 0.15) is 6.54 Å². The van der Waals surface area contributed by atoms with Crippen molar-refractivity contribution in [1.29, 1.82) is 0 Å². The highest BCUT2D eigenvalue weighted by Gasteiger charge is 2.97. The summed E-state index contributed by atoms with van der Waals surface area (Å²) in [6, 6.07) is 0. The van der Waals surface area contributed by atoms with E-state index in [1.165, 1.54) is 0 Å². The zero-order chi connectivity index (χ0) is 30.9. The van der Waals surface area contributed by atoms with Crippen LogP contribution in [-0.2, 0) is 14.8 Å². The highest BCUT2D eigenvalue weighted by atomic mass is 32.2. The summed E-state index contributed by atoms with van der Waals surface area (Å²) in [5.41, 5.74) is 0. The van der Waals surface area contributed by atoms with Gasteiger partial charge in [-0.15, -0.1) is 0 Å². The van der Waals surface area contributed by atoms with E-state index in [0.717, 1.165) is 0 Å². The molecule has 0 aliphatic heterocycles. The van der Waals surface area contributed by atoms with E-state index in [2.05, 4.69) is 0 Å². The lowest BCUT2D eigenvalue weighted by atomic mass is 9.89. The number of aliphatic carboxylic acids is 1. The van der Waals surface area contributed by atoms with Gasteiger partial charge in [-0.2, -0.15) is 87.7 Å². The summed E-state index contributed by atoms with van der Waals surface area (Å²) in [5.74, 6) is -65.0. The third kappa shape index (κ3) is 4.41. The summed E-state index contributed by atoms with van der Waals surface area (Å²) in [5, 5.41) is 0.311. The van der Waals surface area contributed by atoms with Crippen molar-refractivity contribution in [1.82, 2.24) is 4.31 Å². The van der Waals surface area contributed by atoms with Gasteiger partial charge in [0, 0.05) is 7.05 Å². The van der Waals surface area contributed by atoms with Crippen LogP contribution in [0.1, 0.15) is 0 Å². The summed E-state index contributed by atoms with van der Waals surface area (Å²) in [6.45, 7) is -2.36. The maximum atomic E-state index is 13.7. The first-order chi connectivity index (χ1) is 15.6. The Labute approximate surface area is 189 Å². The van der Waals surface area contributed by atoms with E-state index in [9.17, 15) is 96.6 Å². The fourth-order valence-electron chi connectivity index (χ4n) is 1.98. The maximum absolute atomic E-state index is 13.7. The standard InChI is InChI=1S/C12H6F19NO4S/c1-32(2-3(33)34)37(35,36)12(30,31)10(25,26)8(21,22)6(17,18)4(13,14)5(15,16)7(19,20)9(23,24)11(27,28)29/h2H2,1H3,(H,33,34). The Morgan fingerprint density at radius 1 is 0.568 bits per heavy atom. The van der Waals surface area contributed by atoms with Crippen molar-refractivity contribution in [2.45, 2.75) is 52.9 Å². The number of rotatable bonds is 11. The van der Waals surface area contributed by atoms with E-state index in [-0.39, 0.29) is 0 Å². The van der Waals surface area contributed by atoms with Crippen LogP contribution < -0.4 is 0 Å². The highest BCUT2D eigenvalue weighted by Crippen LogP contribution is 2.65. The van der Waals surface area contributed by atoms with Crippen molar-refractivity contribution < 1.29 is 102 Å². The Kier molecular flexibility index (Phi) is 8.33. The zero-order valence-electron chi connectivity index (χ0n) is 16.4. The molecule has 0 fully saturated rings. The van der Waals surface area contributed by atoms with Crippen LogP contribution in [0.2, 0.25) is 0 Å². The van der Waals surface area contributed by atoms with Crippen LogP contribution in [-0.4, -0.2) is 90.3 Å². The molecule has 0 saturated carbocycles. The Hall–Kier alpha value is -1.95. The van der Waals surface area contributed by atoms with E-state index in [0.29, 0.717) is 0 Å². The SMILES string of the molecule is CN(CC(=O)O)S(=O)(=O)C(F)(F)C(F)(F)C(F)(F)C(F)(F)C(F)(F)C(F)(F)C(F)(F)C(F)(F)C(F)(F)F. The molecule has 5 nitrogen and oxygen atoms in total. The molecular formula is C12H6F19NO4S. The number of hydrogen-bond donors (Lipinski definition) is 1. The Bertz CT molecular complexity index is 986. The average Bonchev–Trinajstić information content (AvgIpc) is 2.65. The van der Waals surface area contributed by atoms with Crippen molar-refractivity contribution >= 4 is 16.0 Å². The van der Waals surface area contributed by atoms with Gasteiger partial charge in [-0.3, -0.25) is 4.79 Å². The largest absolute Gasteiger partial charge is 0.480 e. The molecule has 0 spiro atoms. The second-order valence-electron chi connectivity index (χ2n) is 6.69. The molecule has 0 aliphatic rings. The molecule has 0 rings (SSSR count). The first-order valence-corrected chi connectivity index (χ1v) is 9.30. The second-order valence-corrected chi connectivity index (χ2v) is 8.78. The molecule has 0 saturated heterocycles. The van der Waals surface area contributed by atoms with Crippen LogP contribution in [0.15, 0.2) is 0 Å². The van der Waals surface area contributed by atoms with Crippen LogP contribution in [0.5, 0.6) is 0 Å². The zero-order valence-corrected chi connectivity index (χ0v) is 17.2. The lowest BCUT2D eigenvalue weighted by Crippen LogP contribution is -2.76. The summed E-state index contributed by atoms with van der Waals surface area (Å²) in [6.07, 6.45) is -8.02. The lowest BCUT2D eigenvalue weighted by Gasteiger charge is -2.43. The number of halogens is 19. The molecule has 37 heavy (non-hydrogen) atoms. The van der Waals surface area contributed by atoms with E-state index in [1.54, 1.807) is 0 Å². The number of carboxylic acids is 1.